The molecule has 0 aromatic rings. The minimum atomic E-state index is -0.214. The molecule has 2 aliphatic rings. The van der Waals surface area contributed by atoms with E-state index in [2.05, 4.69) is 0 Å². The topological polar surface area (TPSA) is 43.1 Å². The van der Waals surface area contributed by atoms with Crippen molar-refractivity contribution in [2.45, 2.75) is 32.2 Å². The minimum absolute atomic E-state index is 0.0610. The molecular formula is C8H13NO2. The van der Waals surface area contributed by atoms with Crippen LogP contribution in [0.1, 0.15) is 26.2 Å². The lowest BCUT2D eigenvalue weighted by Crippen LogP contribution is -2.32. The Morgan fingerprint density at radius 3 is 2.36 bits per heavy atom. The zero-order valence-corrected chi connectivity index (χ0v) is 6.69. The first-order valence-corrected chi connectivity index (χ1v) is 4.33. The molecule has 0 saturated heterocycles. The minimum Gasteiger partial charge on any atom is -0.264 e. The van der Waals surface area contributed by atoms with E-state index in [1.165, 1.54) is 6.42 Å². The van der Waals surface area contributed by atoms with Gasteiger partial charge in [0.1, 0.15) is 0 Å². The lowest BCUT2D eigenvalue weighted by molar-refractivity contribution is -0.538. The molecule has 0 radical (unpaired) electrons. The van der Waals surface area contributed by atoms with Gasteiger partial charge in [-0.15, -0.1) is 0 Å². The average molecular weight is 155 g/mol. The third-order valence-electron chi connectivity index (χ3n) is 3.52. The molecule has 2 saturated carbocycles. The van der Waals surface area contributed by atoms with Crippen molar-refractivity contribution in [1.29, 1.82) is 0 Å². The van der Waals surface area contributed by atoms with E-state index in [4.69, 9.17) is 0 Å². The highest BCUT2D eigenvalue weighted by atomic mass is 16.6. The van der Waals surface area contributed by atoms with Crippen LogP contribution in [0.2, 0.25) is 0 Å². The molecule has 3 heteroatoms. The van der Waals surface area contributed by atoms with E-state index >= 15 is 0 Å². The SMILES string of the molecule is CC1C2CCC(C2)C1[N+](=O)[O-]. The Balaban J connectivity index is 2.17. The Morgan fingerprint density at radius 1 is 1.36 bits per heavy atom. The Hall–Kier alpha value is -0.600. The van der Waals surface area contributed by atoms with Crippen LogP contribution in [0.25, 0.3) is 0 Å². The molecule has 0 amide bonds. The van der Waals surface area contributed by atoms with Crippen molar-refractivity contribution >= 4 is 0 Å². The number of nitro groups is 1. The fourth-order valence-electron chi connectivity index (χ4n) is 2.91. The van der Waals surface area contributed by atoms with Gasteiger partial charge in [-0.25, -0.2) is 0 Å². The van der Waals surface area contributed by atoms with Crippen LogP contribution in [0.5, 0.6) is 0 Å². The smallest absolute Gasteiger partial charge is 0.218 e. The molecule has 0 aliphatic heterocycles. The molecule has 0 spiro atoms. The van der Waals surface area contributed by atoms with Crippen LogP contribution >= 0.6 is 0 Å². The summed E-state index contributed by atoms with van der Waals surface area (Å²) in [5, 5.41) is 10.6. The number of hydrogen-bond acceptors (Lipinski definition) is 2. The van der Waals surface area contributed by atoms with Gasteiger partial charge in [-0.3, -0.25) is 10.1 Å². The average Bonchev–Trinajstić information content (AvgIpc) is 2.44. The summed E-state index contributed by atoms with van der Waals surface area (Å²) in [5.74, 6) is 1.41. The van der Waals surface area contributed by atoms with Crippen LogP contribution in [-0.2, 0) is 0 Å². The highest BCUT2D eigenvalue weighted by Gasteiger charge is 2.51. The predicted molar refractivity (Wildman–Crippen MR) is 40.8 cm³/mol. The fourth-order valence-corrected chi connectivity index (χ4v) is 2.91. The second kappa shape index (κ2) is 2.19. The molecule has 4 atom stereocenters. The summed E-state index contributed by atoms with van der Waals surface area (Å²) in [7, 11) is 0. The molecule has 0 N–H and O–H groups in total. The van der Waals surface area contributed by atoms with Gasteiger partial charge in [0.05, 0.1) is 0 Å². The molecular weight excluding hydrogens is 142 g/mol. The van der Waals surface area contributed by atoms with Crippen LogP contribution in [-0.4, -0.2) is 11.0 Å². The Morgan fingerprint density at radius 2 is 2.00 bits per heavy atom. The first-order valence-electron chi connectivity index (χ1n) is 4.33. The lowest BCUT2D eigenvalue weighted by Gasteiger charge is -2.20. The van der Waals surface area contributed by atoms with Crippen molar-refractivity contribution in [1.82, 2.24) is 0 Å². The van der Waals surface area contributed by atoms with Gasteiger partial charge in [0.15, 0.2) is 0 Å². The number of nitrogens with zero attached hydrogens (tertiary/aromatic N) is 1. The standard InChI is InChI=1S/C8H13NO2/c1-5-6-2-3-7(4-6)8(5)9(10)11/h5-8H,2-4H2,1H3. The first kappa shape index (κ1) is 7.07. The molecule has 0 aromatic heterocycles. The van der Waals surface area contributed by atoms with Gasteiger partial charge in [0.25, 0.3) is 0 Å². The third kappa shape index (κ3) is 0.865. The summed E-state index contributed by atoms with van der Waals surface area (Å²) < 4.78 is 0. The van der Waals surface area contributed by atoms with Crippen molar-refractivity contribution in [2.24, 2.45) is 17.8 Å². The lowest BCUT2D eigenvalue weighted by atomic mass is 9.86. The van der Waals surface area contributed by atoms with E-state index < -0.39 is 0 Å². The Labute approximate surface area is 65.9 Å². The molecule has 2 aliphatic carbocycles. The number of fused-ring (bicyclic) bond motifs is 2. The van der Waals surface area contributed by atoms with Gasteiger partial charge in [-0.2, -0.15) is 0 Å². The maximum Gasteiger partial charge on any atom is 0.218 e. The van der Waals surface area contributed by atoms with Crippen molar-refractivity contribution in [2.75, 3.05) is 0 Å². The molecule has 0 heterocycles. The van der Waals surface area contributed by atoms with E-state index in [-0.39, 0.29) is 11.0 Å². The van der Waals surface area contributed by atoms with Gasteiger partial charge in [-0.05, 0) is 25.2 Å². The second-order valence-corrected chi connectivity index (χ2v) is 3.97. The van der Waals surface area contributed by atoms with Crippen molar-refractivity contribution < 1.29 is 4.92 Å². The second-order valence-electron chi connectivity index (χ2n) is 3.97. The van der Waals surface area contributed by atoms with Crippen molar-refractivity contribution in [3.8, 4) is 0 Å². The number of hydrogen-bond donors (Lipinski definition) is 0. The third-order valence-corrected chi connectivity index (χ3v) is 3.52. The number of rotatable bonds is 1. The van der Waals surface area contributed by atoms with Crippen LogP contribution in [0.4, 0.5) is 0 Å². The largest absolute Gasteiger partial charge is 0.264 e. The fraction of sp³-hybridized carbons (Fsp3) is 1.00. The monoisotopic (exact) mass is 155 g/mol. The van der Waals surface area contributed by atoms with E-state index in [0.717, 1.165) is 12.8 Å². The zero-order valence-electron chi connectivity index (χ0n) is 6.69. The summed E-state index contributed by atoms with van der Waals surface area (Å²) in [6, 6.07) is -0.214. The molecule has 3 nitrogen and oxygen atoms in total. The van der Waals surface area contributed by atoms with Crippen molar-refractivity contribution in [3.63, 3.8) is 0 Å². The molecule has 2 rings (SSSR count). The highest BCUT2D eigenvalue weighted by Crippen LogP contribution is 2.49. The first-order chi connectivity index (χ1) is 5.20. The molecule has 0 aromatic carbocycles. The molecule has 11 heavy (non-hydrogen) atoms. The van der Waals surface area contributed by atoms with Gasteiger partial charge >= 0.3 is 0 Å². The molecule has 2 bridgehead atoms. The normalized spacial score (nSPS) is 48.1. The van der Waals surface area contributed by atoms with E-state index in [1.807, 2.05) is 6.92 Å². The zero-order chi connectivity index (χ0) is 8.01. The van der Waals surface area contributed by atoms with Crippen molar-refractivity contribution in [3.05, 3.63) is 10.1 Å². The van der Waals surface area contributed by atoms with E-state index in [0.29, 0.717) is 17.8 Å². The highest BCUT2D eigenvalue weighted by molar-refractivity contribution is 4.94. The maximum atomic E-state index is 10.6. The molecule has 62 valence electrons. The van der Waals surface area contributed by atoms with Crippen LogP contribution < -0.4 is 0 Å². The molecule has 2 fully saturated rings. The van der Waals surface area contributed by atoms with Gasteiger partial charge in [0.2, 0.25) is 6.04 Å². The summed E-state index contributed by atoms with van der Waals surface area (Å²) in [6.07, 6.45) is 3.45. The molecule has 4 unspecified atom stereocenters. The predicted octanol–water partition coefficient (Wildman–Crippen LogP) is 1.70. The van der Waals surface area contributed by atoms with Gasteiger partial charge in [0, 0.05) is 16.8 Å². The van der Waals surface area contributed by atoms with Crippen LogP contribution in [0.3, 0.4) is 0 Å². The van der Waals surface area contributed by atoms with Gasteiger partial charge in [-0.1, -0.05) is 6.92 Å². The summed E-state index contributed by atoms with van der Waals surface area (Å²) in [5.41, 5.74) is 0. The maximum absolute atomic E-state index is 10.6. The summed E-state index contributed by atoms with van der Waals surface area (Å²) in [4.78, 5) is 10.5. The van der Waals surface area contributed by atoms with Gasteiger partial charge < -0.3 is 0 Å². The van der Waals surface area contributed by atoms with Crippen LogP contribution in [0.15, 0.2) is 0 Å². The van der Waals surface area contributed by atoms with E-state index in [1.54, 1.807) is 0 Å². The quantitative estimate of drug-likeness (QED) is 0.427. The van der Waals surface area contributed by atoms with Crippen LogP contribution in [0, 0.1) is 27.9 Å². The summed E-state index contributed by atoms with van der Waals surface area (Å²) in [6.45, 7) is 2.04. The Kier molecular flexibility index (Phi) is 1.41. The summed E-state index contributed by atoms with van der Waals surface area (Å²) >= 11 is 0. The Bertz CT molecular complexity index is 191. The van der Waals surface area contributed by atoms with E-state index in [9.17, 15) is 10.1 Å².